The lowest BCUT2D eigenvalue weighted by molar-refractivity contribution is -0.152. The summed E-state index contributed by atoms with van der Waals surface area (Å²) in [5.41, 5.74) is 1.27. The predicted molar refractivity (Wildman–Crippen MR) is 147 cm³/mol. The second kappa shape index (κ2) is 11.4. The lowest BCUT2D eigenvalue weighted by Crippen LogP contribution is -2.57. The van der Waals surface area contributed by atoms with Gasteiger partial charge in [-0.2, -0.15) is 0 Å². The molecule has 3 atom stereocenters. The first-order chi connectivity index (χ1) is 19.5. The molecule has 1 spiro atoms. The summed E-state index contributed by atoms with van der Waals surface area (Å²) in [6, 6.07) is 3.91. The van der Waals surface area contributed by atoms with E-state index >= 15 is 0 Å². The number of amides is 3. The van der Waals surface area contributed by atoms with Crippen LogP contribution in [0.2, 0.25) is 0 Å². The molecule has 4 bridgehead atoms. The van der Waals surface area contributed by atoms with Crippen molar-refractivity contribution in [1.29, 1.82) is 0 Å². The Balaban J connectivity index is 1.39. The van der Waals surface area contributed by atoms with Crippen LogP contribution in [-0.4, -0.2) is 78.9 Å². The number of nitrogens with one attached hydrogen (secondary N) is 1. The van der Waals surface area contributed by atoms with E-state index in [0.29, 0.717) is 26.3 Å². The van der Waals surface area contributed by atoms with Crippen molar-refractivity contribution < 1.29 is 38.1 Å². The largest absolute Gasteiger partial charge is 0.493 e. The highest BCUT2D eigenvalue weighted by Crippen LogP contribution is 2.50. The van der Waals surface area contributed by atoms with Gasteiger partial charge in [0.05, 0.1) is 33.4 Å². The van der Waals surface area contributed by atoms with Crippen molar-refractivity contribution >= 4 is 24.1 Å². The Hall–Kier alpha value is -3.50. The number of nitrogens with zero attached hydrogens (tertiary/aromatic N) is 2. The summed E-state index contributed by atoms with van der Waals surface area (Å²) in [6.45, 7) is 7.11. The molecule has 5 rings (SSSR count). The predicted octanol–water partition coefficient (Wildman–Crippen LogP) is 3.77. The molecule has 3 heterocycles. The van der Waals surface area contributed by atoms with E-state index in [1.807, 2.05) is 39.0 Å². The van der Waals surface area contributed by atoms with Crippen LogP contribution in [-0.2, 0) is 36.9 Å². The summed E-state index contributed by atoms with van der Waals surface area (Å²) >= 11 is 0. The van der Waals surface area contributed by atoms with Gasteiger partial charge >= 0.3 is 18.2 Å². The molecule has 4 aliphatic rings. The highest BCUT2D eigenvalue weighted by Gasteiger charge is 2.48. The Labute approximate surface area is 240 Å². The molecular weight excluding hydrogens is 530 g/mol. The molecule has 11 heteroatoms. The standard InChI is InChI=1S/C30H41N3O8/c1-29(2,3)24-25(34)33-16-20(14-22(33)26(35)38-4)41-28(37)32-15-19-8-7-9-23(21(19)17-32)39-13-6-5-10-30(11-12-30)18-40-27(36)31-24/h7-9,20,22,24H,5-6,10-18H2,1-4H3,(H,31,36)/t20-,22?,24-/m1/s1. The fraction of sp³-hybridized carbons (Fsp3) is 0.667. The third-order valence-electron chi connectivity index (χ3n) is 8.69. The number of cyclic esters (lactones) is 1. The van der Waals surface area contributed by atoms with Crippen molar-refractivity contribution in [3.63, 3.8) is 0 Å². The molecule has 41 heavy (non-hydrogen) atoms. The Morgan fingerprint density at radius 1 is 1.07 bits per heavy atom. The number of hydrogen-bond acceptors (Lipinski definition) is 8. The quantitative estimate of drug-likeness (QED) is 0.399. The number of carbonyl (C=O) groups excluding carboxylic acids is 4. The molecule has 1 aromatic rings. The Bertz CT molecular complexity index is 1190. The molecular formula is C30H41N3O8. The first-order valence-electron chi connectivity index (χ1n) is 14.5. The molecule has 1 N–H and O–H groups in total. The normalized spacial score (nSPS) is 26.8. The number of alkyl carbamates (subject to hydrolysis) is 1. The minimum atomic E-state index is -0.968. The van der Waals surface area contributed by atoms with E-state index in [4.69, 9.17) is 18.9 Å². The molecule has 1 aromatic carbocycles. The topological polar surface area (TPSA) is 124 Å². The fourth-order valence-electron chi connectivity index (χ4n) is 5.98. The van der Waals surface area contributed by atoms with E-state index in [1.54, 1.807) is 4.90 Å². The first-order valence-corrected chi connectivity index (χ1v) is 14.5. The van der Waals surface area contributed by atoms with E-state index < -0.39 is 47.7 Å². The average Bonchev–Trinajstić information content (AvgIpc) is 3.35. The number of benzene rings is 1. The third kappa shape index (κ3) is 6.38. The first kappa shape index (κ1) is 29.0. The van der Waals surface area contributed by atoms with Crippen LogP contribution in [0.15, 0.2) is 18.2 Å². The van der Waals surface area contributed by atoms with Crippen LogP contribution in [0.4, 0.5) is 9.59 Å². The number of hydrogen-bond donors (Lipinski definition) is 1. The van der Waals surface area contributed by atoms with E-state index in [1.165, 1.54) is 12.0 Å². The highest BCUT2D eigenvalue weighted by atomic mass is 16.6. The average molecular weight is 572 g/mol. The summed E-state index contributed by atoms with van der Waals surface area (Å²) in [5, 5.41) is 2.76. The third-order valence-corrected chi connectivity index (χ3v) is 8.69. The van der Waals surface area contributed by atoms with Crippen molar-refractivity contribution in [3.8, 4) is 5.75 Å². The van der Waals surface area contributed by atoms with Crippen LogP contribution < -0.4 is 10.1 Å². The number of ether oxygens (including phenoxy) is 4. The van der Waals surface area contributed by atoms with Gasteiger partial charge in [-0.3, -0.25) is 9.69 Å². The van der Waals surface area contributed by atoms with Crippen molar-refractivity contribution in [2.45, 2.75) is 90.6 Å². The number of carbonyl (C=O) groups is 4. The second-order valence-corrected chi connectivity index (χ2v) is 12.8. The molecule has 1 saturated carbocycles. The van der Waals surface area contributed by atoms with Crippen LogP contribution in [0, 0.1) is 10.8 Å². The summed E-state index contributed by atoms with van der Waals surface area (Å²) in [6.07, 6.45) is 2.91. The van der Waals surface area contributed by atoms with Crippen LogP contribution in [0.5, 0.6) is 5.75 Å². The molecule has 3 amide bonds. The molecule has 1 aliphatic carbocycles. The molecule has 224 valence electrons. The maximum absolute atomic E-state index is 13.9. The maximum atomic E-state index is 13.9. The number of esters is 1. The number of methoxy groups -OCH3 is 1. The Kier molecular flexibility index (Phi) is 8.07. The highest BCUT2D eigenvalue weighted by molar-refractivity contribution is 5.91. The van der Waals surface area contributed by atoms with Crippen molar-refractivity contribution in [2.24, 2.45) is 10.8 Å². The van der Waals surface area contributed by atoms with E-state index in [0.717, 1.165) is 49.0 Å². The number of fused-ring (bicyclic) bond motifs is 3. The molecule has 0 aromatic heterocycles. The monoisotopic (exact) mass is 571 g/mol. The van der Waals surface area contributed by atoms with E-state index in [2.05, 4.69) is 5.32 Å². The van der Waals surface area contributed by atoms with Crippen molar-refractivity contribution in [2.75, 3.05) is 26.9 Å². The Morgan fingerprint density at radius 2 is 1.85 bits per heavy atom. The molecule has 2 fully saturated rings. The van der Waals surface area contributed by atoms with Gasteiger partial charge in [-0.05, 0) is 49.1 Å². The zero-order valence-corrected chi connectivity index (χ0v) is 24.4. The lowest BCUT2D eigenvalue weighted by atomic mass is 9.85. The fourth-order valence-corrected chi connectivity index (χ4v) is 5.98. The van der Waals surface area contributed by atoms with Crippen LogP contribution in [0.1, 0.15) is 70.4 Å². The minimum absolute atomic E-state index is 0.00586. The van der Waals surface area contributed by atoms with Crippen molar-refractivity contribution in [3.05, 3.63) is 29.3 Å². The SMILES string of the molecule is COC(=O)C1C[C@@H]2CN1C(=O)[C@H](C(C)(C)C)NC(=O)OCC1(CCCCOc3cccc4c3CN(C4)C(=O)O2)CC1. The van der Waals surface area contributed by atoms with E-state index in [-0.39, 0.29) is 18.4 Å². The summed E-state index contributed by atoms with van der Waals surface area (Å²) in [4.78, 5) is 55.7. The van der Waals surface area contributed by atoms with Crippen LogP contribution in [0.25, 0.3) is 0 Å². The lowest BCUT2D eigenvalue weighted by Gasteiger charge is -2.34. The van der Waals surface area contributed by atoms with Gasteiger partial charge in [0, 0.05) is 23.9 Å². The van der Waals surface area contributed by atoms with Gasteiger partial charge < -0.3 is 29.2 Å². The molecule has 11 nitrogen and oxygen atoms in total. The maximum Gasteiger partial charge on any atom is 0.410 e. The molecule has 1 saturated heterocycles. The van der Waals surface area contributed by atoms with Gasteiger partial charge in [-0.15, -0.1) is 0 Å². The van der Waals surface area contributed by atoms with Crippen LogP contribution >= 0.6 is 0 Å². The van der Waals surface area contributed by atoms with E-state index in [9.17, 15) is 19.2 Å². The summed E-state index contributed by atoms with van der Waals surface area (Å²) in [7, 11) is 1.25. The number of rotatable bonds is 1. The summed E-state index contributed by atoms with van der Waals surface area (Å²) < 4.78 is 22.6. The van der Waals surface area contributed by atoms with Crippen LogP contribution in [0.3, 0.4) is 0 Å². The molecule has 3 aliphatic heterocycles. The van der Waals surface area contributed by atoms with Gasteiger partial charge in [0.15, 0.2) is 0 Å². The zero-order chi connectivity index (χ0) is 29.4. The Morgan fingerprint density at radius 3 is 2.56 bits per heavy atom. The van der Waals surface area contributed by atoms with Gasteiger partial charge in [-0.25, -0.2) is 14.4 Å². The summed E-state index contributed by atoms with van der Waals surface area (Å²) in [5.74, 6) is -0.292. The minimum Gasteiger partial charge on any atom is -0.493 e. The second-order valence-electron chi connectivity index (χ2n) is 12.8. The smallest absolute Gasteiger partial charge is 0.410 e. The zero-order valence-electron chi connectivity index (χ0n) is 24.4. The molecule has 1 unspecified atom stereocenters. The van der Waals surface area contributed by atoms with Gasteiger partial charge in [0.2, 0.25) is 5.91 Å². The molecule has 0 radical (unpaired) electrons. The van der Waals surface area contributed by atoms with Gasteiger partial charge in [-0.1, -0.05) is 32.9 Å². The van der Waals surface area contributed by atoms with Gasteiger partial charge in [0.1, 0.15) is 23.9 Å². The van der Waals surface area contributed by atoms with Gasteiger partial charge in [0.25, 0.3) is 0 Å². The van der Waals surface area contributed by atoms with Crippen molar-refractivity contribution in [1.82, 2.24) is 15.1 Å².